The van der Waals surface area contributed by atoms with Crippen molar-refractivity contribution in [2.75, 3.05) is 0 Å². The van der Waals surface area contributed by atoms with Crippen LogP contribution >= 0.6 is 11.6 Å². The molecule has 3 aromatic rings. The number of H-pyrrole nitrogens is 1. The van der Waals surface area contributed by atoms with E-state index in [1.165, 1.54) is 0 Å². The van der Waals surface area contributed by atoms with Crippen LogP contribution in [0.1, 0.15) is 17.1 Å². The van der Waals surface area contributed by atoms with Gasteiger partial charge in [0, 0.05) is 42.1 Å². The molecular formula is C15H15ClN4. The summed E-state index contributed by atoms with van der Waals surface area (Å²) in [6.07, 6.45) is 3.56. The molecule has 0 atom stereocenters. The SMILES string of the molecule is Cc1cnc(CNCc2[nH]c3ccccc3c2Cl)cn1. The monoisotopic (exact) mass is 286 g/mol. The van der Waals surface area contributed by atoms with E-state index >= 15 is 0 Å². The smallest absolute Gasteiger partial charge is 0.0724 e. The zero-order valence-corrected chi connectivity index (χ0v) is 11.9. The van der Waals surface area contributed by atoms with E-state index in [0.717, 1.165) is 33.0 Å². The highest BCUT2D eigenvalue weighted by Crippen LogP contribution is 2.26. The first kappa shape index (κ1) is 13.1. The molecule has 102 valence electrons. The highest BCUT2D eigenvalue weighted by atomic mass is 35.5. The molecule has 0 aliphatic heterocycles. The Morgan fingerprint density at radius 3 is 2.75 bits per heavy atom. The molecule has 4 nitrogen and oxygen atoms in total. The van der Waals surface area contributed by atoms with E-state index in [1.54, 1.807) is 12.4 Å². The van der Waals surface area contributed by atoms with Gasteiger partial charge in [-0.25, -0.2) is 0 Å². The van der Waals surface area contributed by atoms with Crippen molar-refractivity contribution in [2.24, 2.45) is 0 Å². The highest BCUT2D eigenvalue weighted by Gasteiger charge is 2.08. The number of nitrogens with one attached hydrogen (secondary N) is 2. The van der Waals surface area contributed by atoms with Crippen LogP contribution in [-0.2, 0) is 13.1 Å². The van der Waals surface area contributed by atoms with Crippen molar-refractivity contribution >= 4 is 22.5 Å². The molecular weight excluding hydrogens is 272 g/mol. The molecule has 0 saturated carbocycles. The molecule has 0 saturated heterocycles. The lowest BCUT2D eigenvalue weighted by Crippen LogP contribution is -2.14. The zero-order valence-electron chi connectivity index (χ0n) is 11.2. The number of aryl methyl sites for hydroxylation is 1. The Hall–Kier alpha value is -1.91. The molecule has 0 amide bonds. The van der Waals surface area contributed by atoms with E-state index in [1.807, 2.05) is 31.2 Å². The fourth-order valence-electron chi connectivity index (χ4n) is 2.11. The third-order valence-corrected chi connectivity index (χ3v) is 3.59. The average Bonchev–Trinajstić information content (AvgIpc) is 2.78. The predicted octanol–water partition coefficient (Wildman–Crippen LogP) is 3.21. The number of nitrogens with zero attached hydrogens (tertiary/aromatic N) is 2. The summed E-state index contributed by atoms with van der Waals surface area (Å²) >= 11 is 6.36. The first-order valence-corrected chi connectivity index (χ1v) is 6.85. The third kappa shape index (κ3) is 2.66. The van der Waals surface area contributed by atoms with Gasteiger partial charge in [-0.05, 0) is 13.0 Å². The summed E-state index contributed by atoms with van der Waals surface area (Å²) in [5, 5.41) is 5.16. The van der Waals surface area contributed by atoms with Crippen molar-refractivity contribution in [2.45, 2.75) is 20.0 Å². The molecule has 0 radical (unpaired) electrons. The van der Waals surface area contributed by atoms with Gasteiger partial charge in [0.15, 0.2) is 0 Å². The molecule has 20 heavy (non-hydrogen) atoms. The van der Waals surface area contributed by atoms with Crippen molar-refractivity contribution in [3.63, 3.8) is 0 Å². The molecule has 5 heteroatoms. The van der Waals surface area contributed by atoms with Gasteiger partial charge in [0.1, 0.15) is 0 Å². The summed E-state index contributed by atoms with van der Waals surface area (Å²) in [6, 6.07) is 8.02. The maximum Gasteiger partial charge on any atom is 0.0724 e. The largest absolute Gasteiger partial charge is 0.356 e. The Bertz CT molecular complexity index is 718. The number of hydrogen-bond acceptors (Lipinski definition) is 3. The molecule has 2 aromatic heterocycles. The van der Waals surface area contributed by atoms with Gasteiger partial charge >= 0.3 is 0 Å². The van der Waals surface area contributed by atoms with Crippen molar-refractivity contribution < 1.29 is 0 Å². The summed E-state index contributed by atoms with van der Waals surface area (Å²) in [6.45, 7) is 3.26. The summed E-state index contributed by atoms with van der Waals surface area (Å²) in [4.78, 5) is 11.9. The Morgan fingerprint density at radius 2 is 2.00 bits per heavy atom. The van der Waals surface area contributed by atoms with E-state index in [2.05, 4.69) is 20.3 Å². The maximum absolute atomic E-state index is 6.36. The van der Waals surface area contributed by atoms with Crippen LogP contribution in [-0.4, -0.2) is 15.0 Å². The molecule has 0 aliphatic rings. The minimum atomic E-state index is 0.666. The minimum absolute atomic E-state index is 0.666. The van der Waals surface area contributed by atoms with Crippen molar-refractivity contribution in [3.8, 4) is 0 Å². The van der Waals surface area contributed by atoms with Gasteiger partial charge in [-0.2, -0.15) is 0 Å². The number of benzene rings is 1. The Kier molecular flexibility index (Phi) is 3.67. The highest BCUT2D eigenvalue weighted by molar-refractivity contribution is 6.36. The van der Waals surface area contributed by atoms with E-state index in [-0.39, 0.29) is 0 Å². The molecule has 3 rings (SSSR count). The van der Waals surface area contributed by atoms with Crippen LogP contribution in [0.25, 0.3) is 10.9 Å². The lowest BCUT2D eigenvalue weighted by atomic mass is 10.2. The number of fused-ring (bicyclic) bond motifs is 1. The fraction of sp³-hybridized carbons (Fsp3) is 0.200. The number of halogens is 1. The van der Waals surface area contributed by atoms with Crippen molar-refractivity contribution in [1.82, 2.24) is 20.3 Å². The number of hydrogen-bond donors (Lipinski definition) is 2. The van der Waals surface area contributed by atoms with Crippen LogP contribution in [0.15, 0.2) is 36.7 Å². The first-order chi connectivity index (χ1) is 9.74. The van der Waals surface area contributed by atoms with E-state index in [9.17, 15) is 0 Å². The lowest BCUT2D eigenvalue weighted by molar-refractivity contribution is 0.667. The maximum atomic E-state index is 6.36. The van der Waals surface area contributed by atoms with Gasteiger partial charge in [-0.1, -0.05) is 29.8 Å². The normalized spacial score (nSPS) is 11.1. The van der Waals surface area contributed by atoms with E-state index < -0.39 is 0 Å². The molecule has 0 unspecified atom stereocenters. The van der Waals surface area contributed by atoms with Gasteiger partial charge < -0.3 is 10.3 Å². The van der Waals surface area contributed by atoms with Crippen molar-refractivity contribution in [3.05, 3.63) is 58.8 Å². The van der Waals surface area contributed by atoms with Crippen LogP contribution in [0.3, 0.4) is 0 Å². The zero-order chi connectivity index (χ0) is 13.9. The van der Waals surface area contributed by atoms with Crippen LogP contribution in [0, 0.1) is 6.92 Å². The second-order valence-electron chi connectivity index (χ2n) is 4.72. The number of aromatic nitrogens is 3. The third-order valence-electron chi connectivity index (χ3n) is 3.16. The van der Waals surface area contributed by atoms with Gasteiger partial charge in [0.05, 0.1) is 16.4 Å². The van der Waals surface area contributed by atoms with Gasteiger partial charge in [-0.3, -0.25) is 9.97 Å². The Morgan fingerprint density at radius 1 is 1.15 bits per heavy atom. The molecule has 0 aliphatic carbocycles. The van der Waals surface area contributed by atoms with E-state index in [0.29, 0.717) is 13.1 Å². The molecule has 2 N–H and O–H groups in total. The lowest BCUT2D eigenvalue weighted by Gasteiger charge is -2.03. The van der Waals surface area contributed by atoms with Crippen LogP contribution < -0.4 is 5.32 Å². The van der Waals surface area contributed by atoms with E-state index in [4.69, 9.17) is 11.6 Å². The fourth-order valence-corrected chi connectivity index (χ4v) is 2.39. The van der Waals surface area contributed by atoms with Crippen LogP contribution in [0.5, 0.6) is 0 Å². The van der Waals surface area contributed by atoms with Gasteiger partial charge in [0.2, 0.25) is 0 Å². The number of aromatic amines is 1. The average molecular weight is 287 g/mol. The second kappa shape index (κ2) is 5.61. The molecule has 2 heterocycles. The second-order valence-corrected chi connectivity index (χ2v) is 5.09. The Labute approximate surface area is 122 Å². The molecule has 0 spiro atoms. The van der Waals surface area contributed by atoms with Gasteiger partial charge in [-0.15, -0.1) is 0 Å². The predicted molar refractivity (Wildman–Crippen MR) is 80.6 cm³/mol. The number of rotatable bonds is 4. The quantitative estimate of drug-likeness (QED) is 0.774. The van der Waals surface area contributed by atoms with Gasteiger partial charge in [0.25, 0.3) is 0 Å². The summed E-state index contributed by atoms with van der Waals surface area (Å²) in [5.41, 5.74) is 3.90. The topological polar surface area (TPSA) is 53.6 Å². The summed E-state index contributed by atoms with van der Waals surface area (Å²) in [7, 11) is 0. The van der Waals surface area contributed by atoms with Crippen LogP contribution in [0.4, 0.5) is 0 Å². The molecule has 1 aromatic carbocycles. The Balaban J connectivity index is 1.68. The van der Waals surface area contributed by atoms with Crippen molar-refractivity contribution in [1.29, 1.82) is 0 Å². The summed E-state index contributed by atoms with van der Waals surface area (Å²) < 4.78 is 0. The summed E-state index contributed by atoms with van der Waals surface area (Å²) in [5.74, 6) is 0. The first-order valence-electron chi connectivity index (χ1n) is 6.47. The standard InChI is InChI=1S/C15H15ClN4/c1-10-6-19-11(8-18-10)7-17-9-14-15(16)12-4-2-3-5-13(12)20-14/h2-6,8,17,20H,7,9H2,1H3. The molecule has 0 fully saturated rings. The molecule has 0 bridgehead atoms. The van der Waals surface area contributed by atoms with Crippen LogP contribution in [0.2, 0.25) is 5.02 Å². The number of para-hydroxylation sites is 1. The minimum Gasteiger partial charge on any atom is -0.356 e.